The van der Waals surface area contributed by atoms with Crippen molar-refractivity contribution in [3.05, 3.63) is 42.0 Å². The molecule has 0 bridgehead atoms. The van der Waals surface area contributed by atoms with Gasteiger partial charge >= 0.3 is 0 Å². The highest BCUT2D eigenvalue weighted by Crippen LogP contribution is 2.30. The van der Waals surface area contributed by atoms with E-state index in [2.05, 4.69) is 40.7 Å². The van der Waals surface area contributed by atoms with Crippen molar-refractivity contribution in [1.82, 2.24) is 10.3 Å². The molecule has 1 aliphatic rings. The van der Waals surface area contributed by atoms with Gasteiger partial charge in [0, 0.05) is 18.0 Å². The van der Waals surface area contributed by atoms with Gasteiger partial charge in [0.2, 0.25) is 5.91 Å². The SMILES string of the molecule is COc1ccc2ccccc2c1CN1CCC(C(=O)NN)CC1. The Kier molecular flexibility index (Phi) is 4.79. The number of methoxy groups -OCH3 is 1. The average Bonchev–Trinajstić information content (AvgIpc) is 2.62. The number of ether oxygens (including phenoxy) is 1. The van der Waals surface area contributed by atoms with Gasteiger partial charge in [-0.05, 0) is 42.8 Å². The largest absolute Gasteiger partial charge is 0.496 e. The molecular weight excluding hydrogens is 290 g/mol. The number of benzene rings is 2. The molecule has 2 aromatic carbocycles. The van der Waals surface area contributed by atoms with E-state index in [1.165, 1.54) is 16.3 Å². The van der Waals surface area contributed by atoms with E-state index in [-0.39, 0.29) is 11.8 Å². The van der Waals surface area contributed by atoms with Gasteiger partial charge in [0.1, 0.15) is 5.75 Å². The Bertz CT molecular complexity index is 694. The van der Waals surface area contributed by atoms with Crippen LogP contribution in [-0.2, 0) is 11.3 Å². The monoisotopic (exact) mass is 313 g/mol. The molecule has 0 aliphatic carbocycles. The summed E-state index contributed by atoms with van der Waals surface area (Å²) in [5.74, 6) is 6.14. The van der Waals surface area contributed by atoms with Crippen LogP contribution in [-0.4, -0.2) is 31.0 Å². The highest BCUT2D eigenvalue weighted by atomic mass is 16.5. The summed E-state index contributed by atoms with van der Waals surface area (Å²) in [6.07, 6.45) is 1.69. The molecule has 0 radical (unpaired) electrons. The van der Waals surface area contributed by atoms with E-state index in [1.54, 1.807) is 7.11 Å². The first-order chi connectivity index (χ1) is 11.2. The topological polar surface area (TPSA) is 67.6 Å². The van der Waals surface area contributed by atoms with Gasteiger partial charge in [-0.2, -0.15) is 0 Å². The van der Waals surface area contributed by atoms with Crippen LogP contribution in [0.4, 0.5) is 0 Å². The van der Waals surface area contributed by atoms with Crippen LogP contribution in [0.25, 0.3) is 10.8 Å². The number of carbonyl (C=O) groups excluding carboxylic acids is 1. The fraction of sp³-hybridized carbons (Fsp3) is 0.389. The molecule has 3 N–H and O–H groups in total. The van der Waals surface area contributed by atoms with Gasteiger partial charge in [0.25, 0.3) is 0 Å². The van der Waals surface area contributed by atoms with Gasteiger partial charge < -0.3 is 4.74 Å². The molecule has 1 aliphatic heterocycles. The Morgan fingerprint density at radius 1 is 1.26 bits per heavy atom. The lowest BCUT2D eigenvalue weighted by atomic mass is 9.95. The van der Waals surface area contributed by atoms with Crippen LogP contribution < -0.4 is 16.0 Å². The number of fused-ring (bicyclic) bond motifs is 1. The second kappa shape index (κ2) is 6.98. The first kappa shape index (κ1) is 15.8. The Labute approximate surface area is 136 Å². The van der Waals surface area contributed by atoms with Gasteiger partial charge in [-0.3, -0.25) is 15.1 Å². The summed E-state index contributed by atoms with van der Waals surface area (Å²) in [7, 11) is 1.71. The van der Waals surface area contributed by atoms with E-state index in [9.17, 15) is 4.79 Å². The molecule has 5 nitrogen and oxygen atoms in total. The second-order valence-electron chi connectivity index (χ2n) is 6.03. The average molecular weight is 313 g/mol. The lowest BCUT2D eigenvalue weighted by Crippen LogP contribution is -2.42. The standard InChI is InChI=1S/C18H23N3O2/c1-23-17-7-6-13-4-2-3-5-15(13)16(17)12-21-10-8-14(9-11-21)18(22)20-19/h2-7,14H,8-12,19H2,1H3,(H,20,22). The zero-order valence-corrected chi connectivity index (χ0v) is 13.4. The minimum absolute atomic E-state index is 0.0330. The van der Waals surface area contributed by atoms with Crippen LogP contribution in [0.2, 0.25) is 0 Å². The van der Waals surface area contributed by atoms with Crippen LogP contribution in [0, 0.1) is 5.92 Å². The van der Waals surface area contributed by atoms with E-state index >= 15 is 0 Å². The number of nitrogens with two attached hydrogens (primary N) is 1. The number of amides is 1. The van der Waals surface area contributed by atoms with Crippen molar-refractivity contribution in [3.8, 4) is 5.75 Å². The molecule has 1 saturated heterocycles. The van der Waals surface area contributed by atoms with Crippen molar-refractivity contribution in [2.24, 2.45) is 11.8 Å². The summed E-state index contributed by atoms with van der Waals surface area (Å²) in [6.45, 7) is 2.62. The van der Waals surface area contributed by atoms with E-state index in [0.717, 1.165) is 38.2 Å². The normalized spacial score (nSPS) is 16.4. The van der Waals surface area contributed by atoms with E-state index in [4.69, 9.17) is 10.6 Å². The van der Waals surface area contributed by atoms with Crippen LogP contribution >= 0.6 is 0 Å². The third-order valence-electron chi connectivity index (χ3n) is 4.70. The molecule has 0 spiro atoms. The van der Waals surface area contributed by atoms with Crippen molar-refractivity contribution in [1.29, 1.82) is 0 Å². The number of carbonyl (C=O) groups is 1. The van der Waals surface area contributed by atoms with Crippen molar-refractivity contribution in [2.75, 3.05) is 20.2 Å². The highest BCUT2D eigenvalue weighted by molar-refractivity contribution is 5.87. The summed E-state index contributed by atoms with van der Waals surface area (Å²) in [6, 6.07) is 12.5. The molecule has 122 valence electrons. The van der Waals surface area contributed by atoms with Gasteiger partial charge in [0.05, 0.1) is 7.11 Å². The molecule has 0 aromatic heterocycles. The lowest BCUT2D eigenvalue weighted by Gasteiger charge is -2.31. The Morgan fingerprint density at radius 2 is 2.00 bits per heavy atom. The maximum atomic E-state index is 11.6. The molecule has 2 aromatic rings. The zero-order chi connectivity index (χ0) is 16.2. The molecule has 1 amide bonds. The number of nitrogens with one attached hydrogen (secondary N) is 1. The molecule has 1 heterocycles. The van der Waals surface area contributed by atoms with Gasteiger partial charge in [-0.25, -0.2) is 5.84 Å². The minimum atomic E-state index is -0.0487. The number of piperidine rings is 1. The van der Waals surface area contributed by atoms with Gasteiger partial charge in [-0.15, -0.1) is 0 Å². The Morgan fingerprint density at radius 3 is 2.70 bits per heavy atom. The van der Waals surface area contributed by atoms with Crippen LogP contribution in [0.3, 0.4) is 0 Å². The number of rotatable bonds is 4. The summed E-state index contributed by atoms with van der Waals surface area (Å²) in [5.41, 5.74) is 3.48. The summed E-state index contributed by atoms with van der Waals surface area (Å²) >= 11 is 0. The highest BCUT2D eigenvalue weighted by Gasteiger charge is 2.25. The molecular formula is C18H23N3O2. The quantitative estimate of drug-likeness (QED) is 0.515. The number of hydrazine groups is 1. The third-order valence-corrected chi connectivity index (χ3v) is 4.70. The first-order valence-corrected chi connectivity index (χ1v) is 8.00. The maximum Gasteiger partial charge on any atom is 0.237 e. The predicted octanol–water partition coefficient (Wildman–Crippen LogP) is 2.05. The van der Waals surface area contributed by atoms with E-state index in [1.807, 2.05) is 6.07 Å². The smallest absolute Gasteiger partial charge is 0.237 e. The van der Waals surface area contributed by atoms with Crippen molar-refractivity contribution >= 4 is 16.7 Å². The van der Waals surface area contributed by atoms with Crippen LogP contribution in [0.15, 0.2) is 36.4 Å². The zero-order valence-electron chi connectivity index (χ0n) is 13.4. The number of nitrogens with zero attached hydrogens (tertiary/aromatic N) is 1. The summed E-state index contributed by atoms with van der Waals surface area (Å²) in [4.78, 5) is 14.0. The molecule has 0 atom stereocenters. The molecule has 5 heteroatoms. The molecule has 0 saturated carbocycles. The minimum Gasteiger partial charge on any atom is -0.496 e. The fourth-order valence-electron chi connectivity index (χ4n) is 3.37. The van der Waals surface area contributed by atoms with Crippen LogP contribution in [0.5, 0.6) is 5.75 Å². The maximum absolute atomic E-state index is 11.6. The second-order valence-corrected chi connectivity index (χ2v) is 6.03. The molecule has 1 fully saturated rings. The Hall–Kier alpha value is -2.11. The number of hydrogen-bond acceptors (Lipinski definition) is 4. The predicted molar refractivity (Wildman–Crippen MR) is 90.8 cm³/mol. The van der Waals surface area contributed by atoms with Crippen LogP contribution in [0.1, 0.15) is 18.4 Å². The number of hydrogen-bond donors (Lipinski definition) is 2. The van der Waals surface area contributed by atoms with Gasteiger partial charge in [0.15, 0.2) is 0 Å². The molecule has 0 unspecified atom stereocenters. The molecule has 23 heavy (non-hydrogen) atoms. The van der Waals surface area contributed by atoms with Crippen molar-refractivity contribution < 1.29 is 9.53 Å². The van der Waals surface area contributed by atoms with Gasteiger partial charge in [-0.1, -0.05) is 30.3 Å². The molecule has 3 rings (SSSR count). The number of likely N-dealkylation sites (tertiary alicyclic amines) is 1. The Balaban J connectivity index is 1.78. The van der Waals surface area contributed by atoms with Crippen molar-refractivity contribution in [3.63, 3.8) is 0 Å². The van der Waals surface area contributed by atoms with E-state index in [0.29, 0.717) is 0 Å². The van der Waals surface area contributed by atoms with Crippen molar-refractivity contribution in [2.45, 2.75) is 19.4 Å². The fourth-order valence-corrected chi connectivity index (χ4v) is 3.37. The van der Waals surface area contributed by atoms with E-state index < -0.39 is 0 Å². The summed E-state index contributed by atoms with van der Waals surface area (Å²) in [5, 5.41) is 2.45. The third kappa shape index (κ3) is 3.30. The lowest BCUT2D eigenvalue weighted by molar-refractivity contribution is -0.126. The first-order valence-electron chi connectivity index (χ1n) is 8.00. The summed E-state index contributed by atoms with van der Waals surface area (Å²) < 4.78 is 5.56.